The molecule has 3 nitrogen and oxygen atoms in total. The van der Waals surface area contributed by atoms with Gasteiger partial charge in [0.1, 0.15) is 0 Å². The van der Waals surface area contributed by atoms with Gasteiger partial charge < -0.3 is 10.6 Å². The average molecular weight is 256 g/mol. The molecule has 2 N–H and O–H groups in total. The summed E-state index contributed by atoms with van der Waals surface area (Å²) in [6.07, 6.45) is 4.69. The quantitative estimate of drug-likeness (QED) is 0.823. The Bertz CT molecular complexity index is 507. The van der Waals surface area contributed by atoms with Crippen molar-refractivity contribution in [2.24, 2.45) is 5.73 Å². The Kier molecular flexibility index (Phi) is 4.59. The first-order valence-corrected chi connectivity index (χ1v) is 6.78. The van der Waals surface area contributed by atoms with Crippen LogP contribution < -0.4 is 5.73 Å². The van der Waals surface area contributed by atoms with E-state index in [2.05, 4.69) is 11.8 Å². The monoisotopic (exact) mass is 256 g/mol. The van der Waals surface area contributed by atoms with Crippen molar-refractivity contribution in [3.63, 3.8) is 0 Å². The molecule has 0 spiro atoms. The molecule has 0 bridgehead atoms. The van der Waals surface area contributed by atoms with Gasteiger partial charge in [0.2, 0.25) is 0 Å². The highest BCUT2D eigenvalue weighted by atomic mass is 16.2. The summed E-state index contributed by atoms with van der Waals surface area (Å²) in [5.74, 6) is 5.86. The molecule has 3 heteroatoms. The molecule has 1 saturated carbocycles. The summed E-state index contributed by atoms with van der Waals surface area (Å²) >= 11 is 0. The van der Waals surface area contributed by atoms with E-state index in [0.29, 0.717) is 18.2 Å². The Morgan fingerprint density at radius 1 is 1.42 bits per heavy atom. The van der Waals surface area contributed by atoms with Gasteiger partial charge in [-0.15, -0.1) is 0 Å². The van der Waals surface area contributed by atoms with Gasteiger partial charge in [-0.25, -0.2) is 0 Å². The summed E-state index contributed by atoms with van der Waals surface area (Å²) in [5.41, 5.74) is 6.91. The van der Waals surface area contributed by atoms with Gasteiger partial charge in [0, 0.05) is 24.2 Å². The normalized spacial score (nSPS) is 14.8. The average Bonchev–Trinajstić information content (AvgIpc) is 2.98. The molecule has 0 aliphatic heterocycles. The summed E-state index contributed by atoms with van der Waals surface area (Å²) in [7, 11) is 1.90. The van der Waals surface area contributed by atoms with Crippen LogP contribution in [0.5, 0.6) is 0 Å². The molecule has 0 unspecified atom stereocenters. The number of carbonyl (C=O) groups excluding carboxylic acids is 1. The van der Waals surface area contributed by atoms with Crippen molar-refractivity contribution in [1.29, 1.82) is 0 Å². The van der Waals surface area contributed by atoms with Crippen LogP contribution in [-0.2, 0) is 0 Å². The second kappa shape index (κ2) is 6.40. The van der Waals surface area contributed by atoms with E-state index in [1.54, 1.807) is 0 Å². The minimum atomic E-state index is 0.0864. The highest BCUT2D eigenvalue weighted by Gasteiger charge is 2.24. The van der Waals surface area contributed by atoms with Crippen LogP contribution in [0.3, 0.4) is 0 Å². The van der Waals surface area contributed by atoms with E-state index >= 15 is 0 Å². The zero-order chi connectivity index (χ0) is 13.7. The van der Waals surface area contributed by atoms with Crippen molar-refractivity contribution in [3.8, 4) is 11.8 Å². The molecule has 0 heterocycles. The molecule has 0 saturated heterocycles. The van der Waals surface area contributed by atoms with Crippen LogP contribution >= 0.6 is 0 Å². The van der Waals surface area contributed by atoms with Crippen LogP contribution in [0, 0.1) is 11.8 Å². The highest BCUT2D eigenvalue weighted by molar-refractivity contribution is 5.94. The third-order valence-corrected chi connectivity index (χ3v) is 3.64. The molecule has 1 amide bonds. The summed E-state index contributed by atoms with van der Waals surface area (Å²) in [6, 6.07) is 7.86. The first-order chi connectivity index (χ1) is 9.22. The molecule has 100 valence electrons. The number of nitrogens with zero attached hydrogens (tertiary/aromatic N) is 1. The summed E-state index contributed by atoms with van der Waals surface area (Å²) in [5, 5.41) is 0. The maximum atomic E-state index is 12.4. The molecule has 2 rings (SSSR count). The number of hydrogen-bond donors (Lipinski definition) is 1. The van der Waals surface area contributed by atoms with E-state index in [-0.39, 0.29) is 5.91 Å². The lowest BCUT2D eigenvalue weighted by molar-refractivity contribution is 0.0735. The number of rotatable bonds is 2. The van der Waals surface area contributed by atoms with Crippen molar-refractivity contribution in [2.75, 3.05) is 13.6 Å². The molecule has 0 aromatic heterocycles. The van der Waals surface area contributed by atoms with Gasteiger partial charge in [-0.3, -0.25) is 4.79 Å². The van der Waals surface area contributed by atoms with E-state index < -0.39 is 0 Å². The van der Waals surface area contributed by atoms with Gasteiger partial charge >= 0.3 is 0 Å². The van der Waals surface area contributed by atoms with Crippen molar-refractivity contribution in [3.05, 3.63) is 35.4 Å². The predicted molar refractivity (Wildman–Crippen MR) is 76.7 cm³/mol. The Labute approximate surface area is 114 Å². The lowest BCUT2D eigenvalue weighted by atomic mass is 10.1. The van der Waals surface area contributed by atoms with Gasteiger partial charge in [-0.2, -0.15) is 0 Å². The molecule has 1 aromatic carbocycles. The fourth-order valence-corrected chi connectivity index (χ4v) is 2.54. The maximum absolute atomic E-state index is 12.4. The number of carbonyl (C=O) groups is 1. The minimum Gasteiger partial charge on any atom is -0.339 e. The second-order valence-electron chi connectivity index (χ2n) is 4.94. The van der Waals surface area contributed by atoms with Crippen LogP contribution in [0.2, 0.25) is 0 Å². The zero-order valence-corrected chi connectivity index (χ0v) is 11.4. The van der Waals surface area contributed by atoms with Crippen molar-refractivity contribution in [2.45, 2.75) is 31.7 Å². The van der Waals surface area contributed by atoms with Crippen LogP contribution in [0.4, 0.5) is 0 Å². The lowest BCUT2D eigenvalue weighted by Gasteiger charge is -2.24. The third kappa shape index (κ3) is 3.36. The Hall–Kier alpha value is -1.79. The molecule has 1 aromatic rings. The summed E-state index contributed by atoms with van der Waals surface area (Å²) in [4.78, 5) is 14.3. The molecule has 1 aliphatic rings. The van der Waals surface area contributed by atoms with E-state index in [1.165, 1.54) is 12.8 Å². The predicted octanol–water partition coefficient (Wildman–Crippen LogP) is 2.01. The van der Waals surface area contributed by atoms with Gasteiger partial charge in [-0.1, -0.05) is 30.7 Å². The maximum Gasteiger partial charge on any atom is 0.253 e. The fourth-order valence-electron chi connectivity index (χ4n) is 2.54. The number of benzene rings is 1. The van der Waals surface area contributed by atoms with E-state index in [1.807, 2.05) is 36.2 Å². The Balaban J connectivity index is 2.14. The molecule has 1 aliphatic carbocycles. The molecule has 19 heavy (non-hydrogen) atoms. The van der Waals surface area contributed by atoms with Crippen molar-refractivity contribution < 1.29 is 4.79 Å². The first kappa shape index (κ1) is 13.6. The topological polar surface area (TPSA) is 46.3 Å². The van der Waals surface area contributed by atoms with E-state index in [9.17, 15) is 4.79 Å². The van der Waals surface area contributed by atoms with E-state index in [4.69, 9.17) is 5.73 Å². The third-order valence-electron chi connectivity index (χ3n) is 3.64. The standard InChI is InChI=1S/C16H20N2O/c1-18(15-9-2-3-10-15)16(19)14-8-4-6-13(12-14)7-5-11-17/h4,6,8,12,15H,2-3,9-11,17H2,1H3. The molecular weight excluding hydrogens is 236 g/mol. The first-order valence-electron chi connectivity index (χ1n) is 6.78. The SMILES string of the molecule is CN(C(=O)c1cccc(C#CCN)c1)C1CCCC1. The van der Waals surface area contributed by atoms with Crippen LogP contribution in [0.15, 0.2) is 24.3 Å². The molecule has 0 atom stereocenters. The fraction of sp³-hybridized carbons (Fsp3) is 0.438. The number of hydrogen-bond acceptors (Lipinski definition) is 2. The smallest absolute Gasteiger partial charge is 0.253 e. The van der Waals surface area contributed by atoms with Gasteiger partial charge in [0.15, 0.2) is 0 Å². The Morgan fingerprint density at radius 3 is 2.84 bits per heavy atom. The van der Waals surface area contributed by atoms with Crippen LogP contribution in [0.25, 0.3) is 0 Å². The van der Waals surface area contributed by atoms with Crippen molar-refractivity contribution in [1.82, 2.24) is 4.90 Å². The molecule has 1 fully saturated rings. The lowest BCUT2D eigenvalue weighted by Crippen LogP contribution is -2.35. The molecular formula is C16H20N2O. The molecule has 0 radical (unpaired) electrons. The largest absolute Gasteiger partial charge is 0.339 e. The van der Waals surface area contributed by atoms with Crippen LogP contribution in [0.1, 0.15) is 41.6 Å². The zero-order valence-electron chi connectivity index (χ0n) is 11.4. The second-order valence-corrected chi connectivity index (χ2v) is 4.94. The minimum absolute atomic E-state index is 0.0864. The number of amides is 1. The summed E-state index contributed by atoms with van der Waals surface area (Å²) in [6.45, 7) is 0.333. The number of nitrogens with two attached hydrogens (primary N) is 1. The van der Waals surface area contributed by atoms with Gasteiger partial charge in [-0.05, 0) is 31.0 Å². The Morgan fingerprint density at radius 2 is 2.16 bits per heavy atom. The van der Waals surface area contributed by atoms with E-state index in [0.717, 1.165) is 18.4 Å². The van der Waals surface area contributed by atoms with Gasteiger partial charge in [0.25, 0.3) is 5.91 Å². The van der Waals surface area contributed by atoms with Gasteiger partial charge in [0.05, 0.1) is 6.54 Å². The van der Waals surface area contributed by atoms with Crippen molar-refractivity contribution >= 4 is 5.91 Å². The van der Waals surface area contributed by atoms with Crippen LogP contribution in [-0.4, -0.2) is 30.4 Å². The summed E-state index contributed by atoms with van der Waals surface area (Å²) < 4.78 is 0. The highest BCUT2D eigenvalue weighted by Crippen LogP contribution is 2.23.